The molecule has 18 heavy (non-hydrogen) atoms. The molecule has 2 aliphatic carbocycles. The van der Waals surface area contributed by atoms with E-state index in [0.29, 0.717) is 5.92 Å². The largest absolute Gasteiger partial charge is 0.322 e. The first-order valence-electron chi connectivity index (χ1n) is 7.36. The zero-order valence-corrected chi connectivity index (χ0v) is 11.0. The van der Waals surface area contributed by atoms with Crippen molar-refractivity contribution in [2.45, 2.75) is 51.0 Å². The van der Waals surface area contributed by atoms with Crippen molar-refractivity contribution in [2.75, 3.05) is 0 Å². The van der Waals surface area contributed by atoms with Crippen molar-refractivity contribution in [3.63, 3.8) is 0 Å². The lowest BCUT2D eigenvalue weighted by atomic mass is 9.66. The summed E-state index contributed by atoms with van der Waals surface area (Å²) >= 11 is 0. The zero-order chi connectivity index (χ0) is 12.4. The maximum absolute atomic E-state index is 6.39. The van der Waals surface area contributed by atoms with Gasteiger partial charge in [-0.3, -0.25) is 9.97 Å². The molecule has 2 fully saturated rings. The molecule has 0 aromatic carbocycles. The quantitative estimate of drug-likeness (QED) is 0.871. The first-order valence-corrected chi connectivity index (χ1v) is 7.36. The predicted octanol–water partition coefficient (Wildman–Crippen LogP) is 3.08. The maximum atomic E-state index is 6.39. The van der Waals surface area contributed by atoms with Gasteiger partial charge in [0.1, 0.15) is 0 Å². The van der Waals surface area contributed by atoms with Crippen LogP contribution >= 0.6 is 0 Å². The van der Waals surface area contributed by atoms with Crippen LogP contribution in [0.5, 0.6) is 0 Å². The molecular weight excluding hydrogens is 222 g/mol. The van der Waals surface area contributed by atoms with E-state index in [9.17, 15) is 0 Å². The molecule has 1 aromatic rings. The van der Waals surface area contributed by atoms with Gasteiger partial charge in [0.15, 0.2) is 0 Å². The van der Waals surface area contributed by atoms with Crippen molar-refractivity contribution >= 4 is 0 Å². The number of aromatic nitrogens is 2. The van der Waals surface area contributed by atoms with E-state index in [1.165, 1.54) is 44.9 Å². The molecule has 0 aliphatic heterocycles. The second-order valence-electron chi connectivity index (χ2n) is 6.03. The van der Waals surface area contributed by atoms with E-state index in [2.05, 4.69) is 9.97 Å². The van der Waals surface area contributed by atoms with E-state index in [1.54, 1.807) is 12.4 Å². The summed E-state index contributed by atoms with van der Waals surface area (Å²) in [7, 11) is 0. The number of fused-ring (bicyclic) bond motifs is 1. The van der Waals surface area contributed by atoms with E-state index in [4.69, 9.17) is 5.73 Å². The molecule has 2 aliphatic rings. The first kappa shape index (κ1) is 12.1. The highest BCUT2D eigenvalue weighted by atomic mass is 14.8. The molecular formula is C15H23N3. The van der Waals surface area contributed by atoms with E-state index in [0.717, 1.165) is 17.5 Å². The highest BCUT2D eigenvalue weighted by Gasteiger charge is 2.35. The lowest BCUT2D eigenvalue weighted by Gasteiger charge is -2.41. The molecule has 0 amide bonds. The van der Waals surface area contributed by atoms with Gasteiger partial charge < -0.3 is 5.73 Å². The van der Waals surface area contributed by atoms with Crippen LogP contribution in [-0.2, 0) is 0 Å². The van der Waals surface area contributed by atoms with Gasteiger partial charge in [-0.1, -0.05) is 25.7 Å². The van der Waals surface area contributed by atoms with Crippen LogP contribution in [0.25, 0.3) is 0 Å². The van der Waals surface area contributed by atoms with Gasteiger partial charge in [0.05, 0.1) is 11.7 Å². The van der Waals surface area contributed by atoms with Gasteiger partial charge in [0.25, 0.3) is 0 Å². The van der Waals surface area contributed by atoms with E-state index >= 15 is 0 Å². The normalized spacial score (nSPS) is 33.7. The molecule has 2 saturated carbocycles. The Kier molecular flexibility index (Phi) is 3.59. The van der Waals surface area contributed by atoms with Gasteiger partial charge in [-0.05, 0) is 37.0 Å². The highest BCUT2D eigenvalue weighted by Crippen LogP contribution is 2.45. The Morgan fingerprint density at radius 2 is 1.89 bits per heavy atom. The van der Waals surface area contributed by atoms with Crippen LogP contribution in [0.2, 0.25) is 0 Å². The minimum atomic E-state index is 0.0848. The third-order valence-electron chi connectivity index (χ3n) is 5.01. The standard InChI is InChI=1S/C15H23N3/c16-15(14-10-17-7-8-18-14)13-6-5-11-3-1-2-4-12(11)9-13/h7-8,10-13,15H,1-6,9,16H2. The Labute approximate surface area is 109 Å². The zero-order valence-electron chi connectivity index (χ0n) is 11.0. The van der Waals surface area contributed by atoms with Crippen molar-refractivity contribution in [2.24, 2.45) is 23.5 Å². The number of nitrogens with zero attached hydrogens (tertiary/aromatic N) is 2. The average molecular weight is 245 g/mol. The molecule has 3 rings (SSSR count). The molecule has 4 atom stereocenters. The van der Waals surface area contributed by atoms with E-state index < -0.39 is 0 Å². The molecule has 1 aromatic heterocycles. The Morgan fingerprint density at radius 3 is 2.67 bits per heavy atom. The molecule has 3 nitrogen and oxygen atoms in total. The number of hydrogen-bond acceptors (Lipinski definition) is 3. The molecule has 1 heterocycles. The van der Waals surface area contributed by atoms with Crippen LogP contribution in [0.15, 0.2) is 18.6 Å². The van der Waals surface area contributed by atoms with Gasteiger partial charge in [0.2, 0.25) is 0 Å². The Balaban J connectivity index is 1.67. The highest BCUT2D eigenvalue weighted by molar-refractivity contribution is 5.04. The van der Waals surface area contributed by atoms with E-state index in [-0.39, 0.29) is 6.04 Å². The summed E-state index contributed by atoms with van der Waals surface area (Å²) < 4.78 is 0. The van der Waals surface area contributed by atoms with Crippen LogP contribution in [-0.4, -0.2) is 9.97 Å². The molecule has 0 radical (unpaired) electrons. The Hall–Kier alpha value is -0.960. The fraction of sp³-hybridized carbons (Fsp3) is 0.733. The predicted molar refractivity (Wildman–Crippen MR) is 71.7 cm³/mol. The summed E-state index contributed by atoms with van der Waals surface area (Å²) in [5.41, 5.74) is 7.36. The SMILES string of the molecule is NC(c1cnccn1)C1CCC2CCCCC2C1. The second-order valence-corrected chi connectivity index (χ2v) is 6.03. The van der Waals surface area contributed by atoms with Crippen LogP contribution in [0, 0.1) is 17.8 Å². The van der Waals surface area contributed by atoms with Gasteiger partial charge in [-0.15, -0.1) is 0 Å². The topological polar surface area (TPSA) is 51.8 Å². The van der Waals surface area contributed by atoms with Crippen molar-refractivity contribution in [3.05, 3.63) is 24.3 Å². The molecule has 4 unspecified atom stereocenters. The lowest BCUT2D eigenvalue weighted by Crippen LogP contribution is -2.33. The van der Waals surface area contributed by atoms with Gasteiger partial charge in [-0.2, -0.15) is 0 Å². The summed E-state index contributed by atoms with van der Waals surface area (Å²) in [6.07, 6.45) is 15.0. The van der Waals surface area contributed by atoms with Crippen molar-refractivity contribution in [1.29, 1.82) is 0 Å². The van der Waals surface area contributed by atoms with E-state index in [1.807, 2.05) is 6.20 Å². The number of nitrogens with two attached hydrogens (primary N) is 1. The second kappa shape index (κ2) is 5.35. The molecule has 2 N–H and O–H groups in total. The van der Waals surface area contributed by atoms with Crippen molar-refractivity contribution in [1.82, 2.24) is 9.97 Å². The Morgan fingerprint density at radius 1 is 1.06 bits per heavy atom. The summed E-state index contributed by atoms with van der Waals surface area (Å²) in [6.45, 7) is 0. The van der Waals surface area contributed by atoms with Gasteiger partial charge >= 0.3 is 0 Å². The fourth-order valence-corrected chi connectivity index (χ4v) is 3.96. The number of rotatable bonds is 2. The first-order chi connectivity index (χ1) is 8.84. The molecule has 98 valence electrons. The minimum Gasteiger partial charge on any atom is -0.322 e. The monoisotopic (exact) mass is 245 g/mol. The lowest BCUT2D eigenvalue weighted by molar-refractivity contribution is 0.116. The van der Waals surface area contributed by atoms with Crippen LogP contribution in [0.3, 0.4) is 0 Å². The van der Waals surface area contributed by atoms with Crippen molar-refractivity contribution in [3.8, 4) is 0 Å². The molecule has 0 saturated heterocycles. The number of hydrogen-bond donors (Lipinski definition) is 1. The third-order valence-corrected chi connectivity index (χ3v) is 5.01. The van der Waals surface area contributed by atoms with Crippen LogP contribution in [0.4, 0.5) is 0 Å². The fourth-order valence-electron chi connectivity index (χ4n) is 3.96. The maximum Gasteiger partial charge on any atom is 0.0756 e. The Bertz CT molecular complexity index is 379. The van der Waals surface area contributed by atoms with Crippen LogP contribution in [0.1, 0.15) is 56.7 Å². The molecule has 0 spiro atoms. The summed E-state index contributed by atoms with van der Waals surface area (Å²) in [5, 5.41) is 0. The van der Waals surface area contributed by atoms with Crippen molar-refractivity contribution < 1.29 is 0 Å². The van der Waals surface area contributed by atoms with Gasteiger partial charge in [-0.25, -0.2) is 0 Å². The smallest absolute Gasteiger partial charge is 0.0756 e. The minimum absolute atomic E-state index is 0.0848. The molecule has 3 heteroatoms. The average Bonchev–Trinajstić information content (AvgIpc) is 2.47. The van der Waals surface area contributed by atoms with Crippen LogP contribution < -0.4 is 5.73 Å². The third kappa shape index (κ3) is 2.41. The summed E-state index contributed by atoms with van der Waals surface area (Å²) in [4.78, 5) is 8.51. The van der Waals surface area contributed by atoms with Gasteiger partial charge in [0, 0.05) is 18.6 Å². The summed E-state index contributed by atoms with van der Waals surface area (Å²) in [6, 6.07) is 0.0848. The summed E-state index contributed by atoms with van der Waals surface area (Å²) in [5.74, 6) is 2.53. The molecule has 0 bridgehead atoms.